The normalized spacial score (nSPS) is 16.1. The number of imide groups is 1. The fourth-order valence-electron chi connectivity index (χ4n) is 2.45. The van der Waals surface area contributed by atoms with Crippen molar-refractivity contribution in [1.29, 1.82) is 0 Å². The molecule has 0 unspecified atom stereocenters. The smallest absolute Gasteiger partial charge is 0.424 e. The summed E-state index contributed by atoms with van der Waals surface area (Å²) in [6.45, 7) is 4.53. The molecule has 0 spiro atoms. The van der Waals surface area contributed by atoms with Crippen LogP contribution < -0.4 is 19.7 Å². The van der Waals surface area contributed by atoms with Crippen molar-refractivity contribution in [2.24, 2.45) is 0 Å². The van der Waals surface area contributed by atoms with Crippen molar-refractivity contribution in [3.63, 3.8) is 0 Å². The summed E-state index contributed by atoms with van der Waals surface area (Å²) in [6, 6.07) is 4.24. The third-order valence-corrected chi connectivity index (χ3v) is 3.80. The number of rotatable bonds is 4. The molecule has 0 aliphatic carbocycles. The fourth-order valence-corrected chi connectivity index (χ4v) is 2.45. The van der Waals surface area contributed by atoms with Gasteiger partial charge in [-0.05, 0) is 32.4 Å². The van der Waals surface area contributed by atoms with Gasteiger partial charge in [-0.1, -0.05) is 6.07 Å². The Kier molecular flexibility index (Phi) is 4.61. The maximum Gasteiger partial charge on any atom is 0.573 e. The van der Waals surface area contributed by atoms with Crippen LogP contribution in [0.1, 0.15) is 19.4 Å². The second kappa shape index (κ2) is 6.66. The van der Waals surface area contributed by atoms with Crippen LogP contribution in [-0.4, -0.2) is 33.8 Å². The van der Waals surface area contributed by atoms with Crippen LogP contribution in [0.2, 0.25) is 0 Å². The Morgan fingerprint density at radius 1 is 1.18 bits per heavy atom. The molecule has 0 radical (unpaired) electrons. The lowest BCUT2D eigenvalue weighted by atomic mass is 10.1. The maximum atomic E-state index is 12.5. The monoisotopic (exact) mass is 396 g/mol. The van der Waals surface area contributed by atoms with Crippen LogP contribution in [-0.2, 0) is 4.79 Å². The lowest BCUT2D eigenvalue weighted by Gasteiger charge is -2.15. The van der Waals surface area contributed by atoms with E-state index in [2.05, 4.69) is 20.0 Å². The van der Waals surface area contributed by atoms with E-state index < -0.39 is 29.6 Å². The van der Waals surface area contributed by atoms with Gasteiger partial charge >= 0.3 is 18.4 Å². The first kappa shape index (κ1) is 19.4. The van der Waals surface area contributed by atoms with Gasteiger partial charge in [-0.2, -0.15) is 4.98 Å². The largest absolute Gasteiger partial charge is 0.573 e. The van der Waals surface area contributed by atoms with E-state index in [1.165, 1.54) is 31.3 Å². The Labute approximate surface area is 157 Å². The van der Waals surface area contributed by atoms with Crippen LogP contribution in [0, 0.1) is 6.92 Å². The number of anilines is 1. The Morgan fingerprint density at radius 2 is 1.89 bits per heavy atom. The zero-order valence-electron chi connectivity index (χ0n) is 15.0. The van der Waals surface area contributed by atoms with E-state index in [4.69, 9.17) is 4.74 Å². The van der Waals surface area contributed by atoms with Gasteiger partial charge in [-0.25, -0.2) is 14.7 Å². The van der Waals surface area contributed by atoms with E-state index >= 15 is 0 Å². The van der Waals surface area contributed by atoms with Gasteiger partial charge in [0.1, 0.15) is 17.0 Å². The number of urea groups is 1. The number of ether oxygens (including phenoxy) is 2. The summed E-state index contributed by atoms with van der Waals surface area (Å²) in [5, 5.41) is 2.51. The minimum absolute atomic E-state index is 0.0143. The van der Waals surface area contributed by atoms with E-state index in [0.29, 0.717) is 0 Å². The highest BCUT2D eigenvalue weighted by Gasteiger charge is 2.45. The van der Waals surface area contributed by atoms with Gasteiger partial charge in [-0.3, -0.25) is 4.79 Å². The molecular weight excluding hydrogens is 381 g/mol. The molecule has 1 aromatic heterocycles. The Morgan fingerprint density at radius 3 is 2.50 bits per heavy atom. The molecule has 2 heterocycles. The zero-order valence-corrected chi connectivity index (χ0v) is 15.0. The number of alkyl halides is 3. The van der Waals surface area contributed by atoms with Gasteiger partial charge in [0.05, 0.1) is 0 Å². The predicted octanol–water partition coefficient (Wildman–Crippen LogP) is 3.31. The number of nitrogens with one attached hydrogen (secondary N) is 1. The quantitative estimate of drug-likeness (QED) is 0.797. The van der Waals surface area contributed by atoms with Crippen LogP contribution in [0.25, 0.3) is 0 Å². The number of hydrogen-bond acceptors (Lipinski definition) is 6. The first-order valence-corrected chi connectivity index (χ1v) is 8.00. The van der Waals surface area contributed by atoms with Crippen LogP contribution >= 0.6 is 0 Å². The van der Waals surface area contributed by atoms with Crippen molar-refractivity contribution in [3.8, 4) is 17.5 Å². The third-order valence-electron chi connectivity index (χ3n) is 3.80. The second-order valence-electron chi connectivity index (χ2n) is 6.47. The van der Waals surface area contributed by atoms with Gasteiger partial charge in [0.15, 0.2) is 5.82 Å². The lowest BCUT2D eigenvalue weighted by molar-refractivity contribution is -0.274. The molecule has 0 saturated carbocycles. The van der Waals surface area contributed by atoms with Gasteiger partial charge in [-0.15, -0.1) is 13.2 Å². The fraction of sp³-hybridized carbons (Fsp3) is 0.294. The summed E-state index contributed by atoms with van der Waals surface area (Å²) < 4.78 is 46.7. The first-order valence-electron chi connectivity index (χ1n) is 8.00. The van der Waals surface area contributed by atoms with Crippen LogP contribution in [0.5, 0.6) is 17.5 Å². The van der Waals surface area contributed by atoms with E-state index in [-0.39, 0.29) is 23.1 Å². The SMILES string of the molecule is Cc1ccc(Oc2nccc(N3C(=O)NC(C)(C)C3=O)n2)cc1OC(F)(F)F. The Hall–Kier alpha value is -3.37. The topological polar surface area (TPSA) is 93.7 Å². The molecule has 1 N–H and O–H groups in total. The number of aromatic nitrogens is 2. The number of halogens is 3. The molecule has 11 heteroatoms. The van der Waals surface area contributed by atoms with Crippen molar-refractivity contribution in [2.45, 2.75) is 32.7 Å². The minimum atomic E-state index is -4.85. The molecule has 0 bridgehead atoms. The number of carbonyl (C=O) groups excluding carboxylic acids is 2. The predicted molar refractivity (Wildman–Crippen MR) is 90.1 cm³/mol. The molecule has 1 saturated heterocycles. The van der Waals surface area contributed by atoms with Crippen molar-refractivity contribution in [3.05, 3.63) is 36.0 Å². The molecule has 3 rings (SSSR count). The number of benzene rings is 1. The highest BCUT2D eigenvalue weighted by molar-refractivity contribution is 6.22. The number of hydrogen-bond donors (Lipinski definition) is 1. The number of amides is 3. The maximum absolute atomic E-state index is 12.5. The second-order valence-corrected chi connectivity index (χ2v) is 6.47. The van der Waals surface area contributed by atoms with Gasteiger partial charge in [0.2, 0.25) is 0 Å². The first-order chi connectivity index (χ1) is 13.0. The van der Waals surface area contributed by atoms with Crippen LogP contribution in [0.4, 0.5) is 23.8 Å². The van der Waals surface area contributed by atoms with Crippen LogP contribution in [0.15, 0.2) is 30.5 Å². The summed E-state index contributed by atoms with van der Waals surface area (Å²) in [7, 11) is 0. The molecular formula is C17H15F3N4O4. The summed E-state index contributed by atoms with van der Waals surface area (Å²) in [5.74, 6) is -0.994. The molecule has 1 aliphatic heterocycles. The van der Waals surface area contributed by atoms with Crippen molar-refractivity contribution >= 4 is 17.8 Å². The molecule has 3 amide bonds. The molecule has 8 nitrogen and oxygen atoms in total. The molecule has 1 aromatic carbocycles. The number of aryl methyl sites for hydroxylation is 1. The Balaban J connectivity index is 1.85. The van der Waals surface area contributed by atoms with Crippen molar-refractivity contribution in [2.75, 3.05) is 4.90 Å². The molecule has 0 atom stereocenters. The van der Waals surface area contributed by atoms with Gasteiger partial charge in [0, 0.05) is 18.3 Å². The van der Waals surface area contributed by atoms with Crippen molar-refractivity contribution < 1.29 is 32.2 Å². The van der Waals surface area contributed by atoms with Crippen molar-refractivity contribution in [1.82, 2.24) is 15.3 Å². The van der Waals surface area contributed by atoms with E-state index in [1.54, 1.807) is 13.8 Å². The summed E-state index contributed by atoms with van der Waals surface area (Å²) in [6.07, 6.45) is -3.60. The minimum Gasteiger partial charge on any atom is -0.424 e. The highest BCUT2D eigenvalue weighted by atomic mass is 19.4. The van der Waals surface area contributed by atoms with Crippen LogP contribution in [0.3, 0.4) is 0 Å². The summed E-state index contributed by atoms with van der Waals surface area (Å²) in [5.41, 5.74) is -0.843. The zero-order chi connectivity index (χ0) is 20.7. The average Bonchev–Trinajstić information content (AvgIpc) is 2.77. The average molecular weight is 396 g/mol. The third kappa shape index (κ3) is 3.97. The molecule has 1 fully saturated rings. The van der Waals surface area contributed by atoms with Gasteiger partial charge in [0.25, 0.3) is 5.91 Å². The standard InChI is InChI=1S/C17H15F3N4O4/c1-9-4-5-10(8-11(9)28-17(18,19)20)27-14-21-7-6-12(22-14)24-13(25)16(2,3)23-15(24)26/h4-8H,1-3H3,(H,23,26). The van der Waals surface area contributed by atoms with E-state index in [0.717, 1.165) is 11.0 Å². The summed E-state index contributed by atoms with van der Waals surface area (Å²) in [4.78, 5) is 33.1. The number of nitrogens with zero attached hydrogens (tertiary/aromatic N) is 3. The lowest BCUT2D eigenvalue weighted by Crippen LogP contribution is -2.40. The van der Waals surface area contributed by atoms with E-state index in [9.17, 15) is 22.8 Å². The molecule has 2 aromatic rings. The molecule has 1 aliphatic rings. The highest BCUT2D eigenvalue weighted by Crippen LogP contribution is 2.31. The number of carbonyl (C=O) groups is 2. The Bertz CT molecular complexity index is 946. The summed E-state index contributed by atoms with van der Waals surface area (Å²) >= 11 is 0. The molecule has 28 heavy (non-hydrogen) atoms. The van der Waals surface area contributed by atoms with E-state index in [1.807, 2.05) is 0 Å². The molecule has 148 valence electrons. The van der Waals surface area contributed by atoms with Gasteiger partial charge < -0.3 is 14.8 Å².